The van der Waals surface area contributed by atoms with E-state index in [1.165, 1.54) is 38.5 Å². The summed E-state index contributed by atoms with van der Waals surface area (Å²) in [5, 5.41) is 3.99. The van der Waals surface area contributed by atoms with Crippen LogP contribution in [0.3, 0.4) is 0 Å². The van der Waals surface area contributed by atoms with Crippen molar-refractivity contribution in [2.24, 2.45) is 0 Å². The largest absolute Gasteiger partial charge is 0.368 e. The minimum atomic E-state index is 0.309. The van der Waals surface area contributed by atoms with Gasteiger partial charge in [-0.25, -0.2) is 0 Å². The highest BCUT2D eigenvalue weighted by molar-refractivity contribution is 7.99. The summed E-state index contributed by atoms with van der Waals surface area (Å²) >= 11 is 1.66. The predicted molar refractivity (Wildman–Crippen MR) is 75.8 cm³/mol. The van der Waals surface area contributed by atoms with Crippen LogP contribution in [0.25, 0.3) is 0 Å². The Morgan fingerprint density at radius 2 is 2.06 bits per heavy atom. The average molecular weight is 267 g/mol. The number of nitrogens with two attached hydrogens (primary N) is 1. The van der Waals surface area contributed by atoms with Crippen LogP contribution in [0.15, 0.2) is 5.16 Å². The van der Waals surface area contributed by atoms with Gasteiger partial charge in [-0.2, -0.15) is 15.0 Å². The highest BCUT2D eigenvalue weighted by Gasteiger charge is 2.22. The summed E-state index contributed by atoms with van der Waals surface area (Å²) in [5.74, 6) is 1.98. The lowest BCUT2D eigenvalue weighted by atomic mass is 10.2. The van der Waals surface area contributed by atoms with E-state index in [1.54, 1.807) is 11.8 Å². The highest BCUT2D eigenvalue weighted by atomic mass is 32.2. The lowest BCUT2D eigenvalue weighted by Crippen LogP contribution is -2.09. The van der Waals surface area contributed by atoms with Crippen molar-refractivity contribution in [1.29, 1.82) is 0 Å². The van der Waals surface area contributed by atoms with E-state index in [1.807, 2.05) is 0 Å². The number of hydrogen-bond acceptors (Lipinski definition) is 6. The van der Waals surface area contributed by atoms with Gasteiger partial charge in [0.05, 0.1) is 0 Å². The zero-order valence-corrected chi connectivity index (χ0v) is 11.7. The van der Waals surface area contributed by atoms with Crippen LogP contribution >= 0.6 is 11.8 Å². The second kappa shape index (κ2) is 6.78. The normalized spacial score (nSPS) is 14.7. The quantitative estimate of drug-likeness (QED) is 0.557. The van der Waals surface area contributed by atoms with Crippen molar-refractivity contribution in [2.75, 3.05) is 16.8 Å². The molecule has 0 aliphatic heterocycles. The van der Waals surface area contributed by atoms with Crippen molar-refractivity contribution in [3.05, 3.63) is 0 Å². The number of thioether (sulfide) groups is 1. The van der Waals surface area contributed by atoms with Crippen molar-refractivity contribution in [1.82, 2.24) is 15.0 Å². The number of nitrogen functional groups attached to an aromatic ring is 1. The van der Waals surface area contributed by atoms with E-state index >= 15 is 0 Å². The molecule has 3 N–H and O–H groups in total. The number of nitrogens with one attached hydrogen (secondary N) is 1. The Bertz CT molecular complexity index is 381. The van der Waals surface area contributed by atoms with Crippen molar-refractivity contribution in [3.63, 3.8) is 0 Å². The van der Waals surface area contributed by atoms with Crippen LogP contribution < -0.4 is 11.1 Å². The molecule has 1 aromatic rings. The molecule has 0 atom stereocenters. The van der Waals surface area contributed by atoms with E-state index in [0.717, 1.165) is 10.9 Å². The van der Waals surface area contributed by atoms with Crippen LogP contribution in [0, 0.1) is 0 Å². The van der Waals surface area contributed by atoms with Gasteiger partial charge in [0.25, 0.3) is 0 Å². The third-order valence-corrected chi connectivity index (χ3v) is 3.71. The molecule has 6 heteroatoms. The number of rotatable bonds is 8. The number of aromatic nitrogens is 3. The number of anilines is 2. The molecule has 0 spiro atoms. The van der Waals surface area contributed by atoms with E-state index in [9.17, 15) is 0 Å². The number of nitrogens with zero attached hydrogens (tertiary/aromatic N) is 3. The predicted octanol–water partition coefficient (Wildman–Crippen LogP) is 2.70. The smallest absolute Gasteiger partial charge is 0.228 e. The first-order valence-electron chi connectivity index (χ1n) is 6.69. The minimum absolute atomic E-state index is 0.309. The molecule has 2 rings (SSSR count). The second-order valence-corrected chi connectivity index (χ2v) is 5.69. The van der Waals surface area contributed by atoms with Gasteiger partial charge in [-0.3, -0.25) is 0 Å². The summed E-state index contributed by atoms with van der Waals surface area (Å²) in [6, 6.07) is 0.536. The topological polar surface area (TPSA) is 76.7 Å². The fraction of sp³-hybridized carbons (Fsp3) is 0.750. The molecule has 5 nitrogen and oxygen atoms in total. The maximum absolute atomic E-state index is 5.69. The fourth-order valence-corrected chi connectivity index (χ4v) is 2.44. The summed E-state index contributed by atoms with van der Waals surface area (Å²) in [4.78, 5) is 12.6. The Morgan fingerprint density at radius 1 is 1.22 bits per heavy atom. The molecule has 1 aromatic heterocycles. The van der Waals surface area contributed by atoms with Crippen LogP contribution in [-0.2, 0) is 0 Å². The van der Waals surface area contributed by atoms with Gasteiger partial charge in [0.2, 0.25) is 11.9 Å². The summed E-state index contributed by atoms with van der Waals surface area (Å²) in [7, 11) is 0. The molecule has 100 valence electrons. The molecule has 1 aliphatic carbocycles. The standard InChI is InChI=1S/C12H21N5S/c1-2-3-4-5-8-18-12-16-10(13)15-11(17-12)14-9-6-7-9/h9H,2-8H2,1H3,(H3,13,14,15,16,17). The van der Waals surface area contributed by atoms with Gasteiger partial charge in [0, 0.05) is 11.8 Å². The van der Waals surface area contributed by atoms with Gasteiger partial charge >= 0.3 is 0 Å². The van der Waals surface area contributed by atoms with Crippen LogP contribution in [0.4, 0.5) is 11.9 Å². The average Bonchev–Trinajstić information content (AvgIpc) is 3.12. The molecule has 0 saturated heterocycles. The van der Waals surface area contributed by atoms with Gasteiger partial charge in [0.15, 0.2) is 5.16 Å². The van der Waals surface area contributed by atoms with Gasteiger partial charge < -0.3 is 11.1 Å². The van der Waals surface area contributed by atoms with Crippen molar-refractivity contribution in [2.45, 2.75) is 56.6 Å². The van der Waals surface area contributed by atoms with E-state index in [0.29, 0.717) is 17.9 Å². The molecule has 18 heavy (non-hydrogen) atoms. The molecule has 0 bridgehead atoms. The first kappa shape index (κ1) is 13.4. The van der Waals surface area contributed by atoms with Crippen LogP contribution in [-0.4, -0.2) is 26.7 Å². The summed E-state index contributed by atoms with van der Waals surface area (Å²) in [6.07, 6.45) is 7.44. The third-order valence-electron chi connectivity index (χ3n) is 2.77. The molecular formula is C12H21N5S. The first-order valence-corrected chi connectivity index (χ1v) is 7.67. The van der Waals surface area contributed by atoms with E-state index in [-0.39, 0.29) is 0 Å². The van der Waals surface area contributed by atoms with Crippen LogP contribution in [0.2, 0.25) is 0 Å². The van der Waals surface area contributed by atoms with E-state index in [4.69, 9.17) is 5.73 Å². The minimum Gasteiger partial charge on any atom is -0.368 e. The second-order valence-electron chi connectivity index (χ2n) is 4.63. The van der Waals surface area contributed by atoms with E-state index in [2.05, 4.69) is 27.2 Å². The van der Waals surface area contributed by atoms with Crippen molar-refractivity contribution in [3.8, 4) is 0 Å². The van der Waals surface area contributed by atoms with Gasteiger partial charge in [-0.1, -0.05) is 37.9 Å². The Labute approximate surface area is 112 Å². The Morgan fingerprint density at radius 3 is 2.78 bits per heavy atom. The van der Waals surface area contributed by atoms with E-state index < -0.39 is 0 Å². The highest BCUT2D eigenvalue weighted by Crippen LogP contribution is 2.24. The molecule has 1 saturated carbocycles. The molecule has 0 amide bonds. The molecule has 1 aliphatic rings. The van der Waals surface area contributed by atoms with Crippen LogP contribution in [0.5, 0.6) is 0 Å². The van der Waals surface area contributed by atoms with Crippen LogP contribution in [0.1, 0.15) is 45.4 Å². The Balaban J connectivity index is 1.80. The molecule has 0 unspecified atom stereocenters. The molecule has 1 fully saturated rings. The summed E-state index contributed by atoms with van der Waals surface area (Å²) < 4.78 is 0. The summed E-state index contributed by atoms with van der Waals surface area (Å²) in [6.45, 7) is 2.22. The van der Waals surface area contributed by atoms with Crippen molar-refractivity contribution >= 4 is 23.7 Å². The molecule has 0 radical (unpaired) electrons. The van der Waals surface area contributed by atoms with Gasteiger partial charge in [-0.15, -0.1) is 0 Å². The number of unbranched alkanes of at least 4 members (excludes halogenated alkanes) is 3. The molecule has 1 heterocycles. The Kier molecular flexibility index (Phi) is 5.04. The van der Waals surface area contributed by atoms with Gasteiger partial charge in [-0.05, 0) is 19.3 Å². The number of hydrogen-bond donors (Lipinski definition) is 2. The summed E-state index contributed by atoms with van der Waals surface area (Å²) in [5.41, 5.74) is 5.69. The SMILES string of the molecule is CCCCCCSc1nc(N)nc(NC2CC2)n1. The zero-order valence-electron chi connectivity index (χ0n) is 10.9. The molecule has 0 aromatic carbocycles. The fourth-order valence-electron chi connectivity index (χ4n) is 1.60. The van der Waals surface area contributed by atoms with Crippen molar-refractivity contribution < 1.29 is 0 Å². The maximum Gasteiger partial charge on any atom is 0.228 e. The lowest BCUT2D eigenvalue weighted by molar-refractivity contribution is 0.706. The zero-order chi connectivity index (χ0) is 12.8. The Hall–Kier alpha value is -1.04. The molecular weight excluding hydrogens is 246 g/mol. The lowest BCUT2D eigenvalue weighted by Gasteiger charge is -2.05. The van der Waals surface area contributed by atoms with Gasteiger partial charge in [0.1, 0.15) is 0 Å². The third kappa shape index (κ3) is 4.68. The maximum atomic E-state index is 5.69. The first-order chi connectivity index (χ1) is 8.78. The monoisotopic (exact) mass is 267 g/mol.